The van der Waals surface area contributed by atoms with E-state index in [-0.39, 0.29) is 11.9 Å². The minimum Gasteiger partial charge on any atom is -0.480 e. The Kier molecular flexibility index (Phi) is 3.45. The van der Waals surface area contributed by atoms with Gasteiger partial charge in [0.05, 0.1) is 5.69 Å². The van der Waals surface area contributed by atoms with Crippen molar-refractivity contribution in [2.24, 2.45) is 5.92 Å². The van der Waals surface area contributed by atoms with Gasteiger partial charge in [-0.05, 0) is 43.6 Å². The lowest BCUT2D eigenvalue weighted by atomic mass is 9.85. The molecule has 20 heavy (non-hydrogen) atoms. The Bertz CT molecular complexity index is 545. The van der Waals surface area contributed by atoms with Crippen molar-refractivity contribution in [2.45, 2.75) is 51.1 Å². The van der Waals surface area contributed by atoms with Crippen LogP contribution in [-0.4, -0.2) is 43.6 Å². The fourth-order valence-corrected chi connectivity index (χ4v) is 4.12. The van der Waals surface area contributed by atoms with E-state index in [0.717, 1.165) is 37.2 Å². The van der Waals surface area contributed by atoms with Crippen LogP contribution in [0.5, 0.6) is 0 Å². The lowest BCUT2D eigenvalue weighted by Crippen LogP contribution is -2.46. The van der Waals surface area contributed by atoms with Gasteiger partial charge in [0, 0.05) is 6.04 Å². The number of carboxylic acid groups (broad SMARTS) is 1. The Morgan fingerprint density at radius 2 is 2.10 bits per heavy atom. The van der Waals surface area contributed by atoms with Gasteiger partial charge in [0.25, 0.3) is 5.91 Å². The van der Waals surface area contributed by atoms with Crippen LogP contribution < -0.4 is 0 Å². The normalized spacial score (nSPS) is 29.2. The number of hydrogen-bond donors (Lipinski definition) is 1. The van der Waals surface area contributed by atoms with Crippen LogP contribution in [0, 0.1) is 12.8 Å². The fraction of sp³-hybridized carbons (Fsp3) is 0.692. The smallest absolute Gasteiger partial charge is 0.326 e. The molecule has 1 aliphatic carbocycles. The molecule has 0 bridgehead atoms. The molecule has 0 aromatic carbocycles. The molecule has 0 spiro atoms. The summed E-state index contributed by atoms with van der Waals surface area (Å²) in [6.07, 6.45) is 4.72. The summed E-state index contributed by atoms with van der Waals surface area (Å²) < 4.78 is 3.78. The third-order valence-corrected chi connectivity index (χ3v) is 5.27. The highest BCUT2D eigenvalue weighted by Crippen LogP contribution is 2.40. The zero-order valence-corrected chi connectivity index (χ0v) is 12.1. The SMILES string of the molecule is Cc1nnsc1C(=O)N1[C@H](C(=O)O)C[C@H]2CCCC[C@@H]21. The number of carbonyl (C=O) groups excluding carboxylic acids is 1. The van der Waals surface area contributed by atoms with E-state index in [9.17, 15) is 14.7 Å². The van der Waals surface area contributed by atoms with Crippen molar-refractivity contribution in [3.63, 3.8) is 0 Å². The monoisotopic (exact) mass is 295 g/mol. The highest BCUT2D eigenvalue weighted by atomic mass is 32.1. The van der Waals surface area contributed by atoms with Crippen LogP contribution in [0.1, 0.15) is 47.5 Å². The van der Waals surface area contributed by atoms with E-state index in [1.54, 1.807) is 11.8 Å². The van der Waals surface area contributed by atoms with E-state index in [1.807, 2.05) is 0 Å². The number of carbonyl (C=O) groups is 2. The predicted molar refractivity (Wildman–Crippen MR) is 72.6 cm³/mol. The summed E-state index contributed by atoms with van der Waals surface area (Å²) >= 11 is 1.05. The summed E-state index contributed by atoms with van der Waals surface area (Å²) in [5, 5.41) is 13.3. The van der Waals surface area contributed by atoms with Crippen molar-refractivity contribution in [1.29, 1.82) is 0 Å². The minimum absolute atomic E-state index is 0.0684. The zero-order valence-electron chi connectivity index (χ0n) is 11.3. The molecule has 2 fully saturated rings. The first-order chi connectivity index (χ1) is 9.59. The van der Waals surface area contributed by atoms with Gasteiger partial charge < -0.3 is 10.0 Å². The molecule has 108 valence electrons. The Morgan fingerprint density at radius 3 is 2.75 bits per heavy atom. The summed E-state index contributed by atoms with van der Waals surface area (Å²) in [5.41, 5.74) is 0.586. The number of aromatic nitrogens is 2. The molecule has 1 aromatic rings. The molecule has 1 aromatic heterocycles. The average molecular weight is 295 g/mol. The van der Waals surface area contributed by atoms with E-state index in [1.165, 1.54) is 0 Å². The minimum atomic E-state index is -0.900. The third-order valence-electron chi connectivity index (χ3n) is 4.45. The van der Waals surface area contributed by atoms with Gasteiger partial charge in [-0.25, -0.2) is 4.79 Å². The third kappa shape index (κ3) is 2.09. The first-order valence-corrected chi connectivity index (χ1v) is 7.71. The molecule has 1 saturated carbocycles. The standard InChI is InChI=1S/C13H17N3O3S/c1-7-11(20-15-14-7)12(17)16-9-5-3-2-4-8(9)6-10(16)13(18)19/h8-10H,2-6H2,1H3,(H,18,19)/t8-,9+,10+/m1/s1. The van der Waals surface area contributed by atoms with Gasteiger partial charge in [-0.15, -0.1) is 5.10 Å². The Hall–Kier alpha value is -1.50. The van der Waals surface area contributed by atoms with Gasteiger partial charge >= 0.3 is 5.97 Å². The second-order valence-corrected chi connectivity index (χ2v) is 6.36. The van der Waals surface area contributed by atoms with Crippen LogP contribution in [0.4, 0.5) is 0 Å². The van der Waals surface area contributed by atoms with Gasteiger partial charge in [0.1, 0.15) is 10.9 Å². The molecule has 1 N–H and O–H groups in total. The number of aryl methyl sites for hydroxylation is 1. The number of likely N-dealkylation sites (tertiary alicyclic amines) is 1. The van der Waals surface area contributed by atoms with Crippen LogP contribution in [0.15, 0.2) is 0 Å². The molecule has 2 aliphatic rings. The molecule has 1 amide bonds. The van der Waals surface area contributed by atoms with Crippen molar-refractivity contribution >= 4 is 23.4 Å². The number of rotatable bonds is 2. The van der Waals surface area contributed by atoms with E-state index in [2.05, 4.69) is 9.59 Å². The first kappa shape index (κ1) is 13.5. The molecule has 6 nitrogen and oxygen atoms in total. The number of hydrogen-bond acceptors (Lipinski definition) is 5. The van der Waals surface area contributed by atoms with Crippen molar-refractivity contribution in [2.75, 3.05) is 0 Å². The largest absolute Gasteiger partial charge is 0.480 e. The van der Waals surface area contributed by atoms with Crippen LogP contribution in [-0.2, 0) is 4.79 Å². The number of fused-ring (bicyclic) bond motifs is 1. The van der Waals surface area contributed by atoms with Gasteiger partial charge in [-0.3, -0.25) is 4.79 Å². The van der Waals surface area contributed by atoms with Crippen LogP contribution in [0.2, 0.25) is 0 Å². The van der Waals surface area contributed by atoms with E-state index in [0.29, 0.717) is 22.9 Å². The number of nitrogens with zero attached hydrogens (tertiary/aromatic N) is 3. The molecule has 3 rings (SSSR count). The summed E-state index contributed by atoms with van der Waals surface area (Å²) in [4.78, 5) is 26.3. The lowest BCUT2D eigenvalue weighted by molar-refractivity contribution is -0.141. The highest BCUT2D eigenvalue weighted by Gasteiger charge is 2.48. The summed E-state index contributed by atoms with van der Waals surface area (Å²) in [5.74, 6) is -0.780. The Balaban J connectivity index is 1.93. The molecule has 1 aliphatic heterocycles. The van der Waals surface area contributed by atoms with Crippen molar-refractivity contribution in [3.8, 4) is 0 Å². The molecule has 3 atom stereocenters. The summed E-state index contributed by atoms with van der Waals surface area (Å²) in [6.45, 7) is 1.74. The second kappa shape index (κ2) is 5.12. The van der Waals surface area contributed by atoms with Crippen LogP contribution in [0.25, 0.3) is 0 Å². The first-order valence-electron chi connectivity index (χ1n) is 6.94. The highest BCUT2D eigenvalue weighted by molar-refractivity contribution is 7.08. The molecule has 7 heteroatoms. The maximum absolute atomic E-state index is 12.7. The summed E-state index contributed by atoms with van der Waals surface area (Å²) in [7, 11) is 0. The van der Waals surface area contributed by atoms with Crippen LogP contribution in [0.3, 0.4) is 0 Å². The average Bonchev–Trinajstić information content (AvgIpc) is 3.01. The molecule has 1 saturated heterocycles. The second-order valence-electron chi connectivity index (χ2n) is 5.60. The van der Waals surface area contributed by atoms with Crippen molar-refractivity contribution in [3.05, 3.63) is 10.6 Å². The maximum atomic E-state index is 12.7. The predicted octanol–water partition coefficient (Wildman–Crippen LogP) is 1.70. The number of carboxylic acids is 1. The van der Waals surface area contributed by atoms with E-state index in [4.69, 9.17) is 0 Å². The van der Waals surface area contributed by atoms with E-state index < -0.39 is 12.0 Å². The topological polar surface area (TPSA) is 83.4 Å². The quantitative estimate of drug-likeness (QED) is 0.898. The molecule has 0 radical (unpaired) electrons. The molecular formula is C13H17N3O3S. The molecule has 2 heterocycles. The van der Waals surface area contributed by atoms with Gasteiger partial charge in [-0.2, -0.15) is 0 Å². The zero-order chi connectivity index (χ0) is 14.3. The van der Waals surface area contributed by atoms with Crippen molar-refractivity contribution < 1.29 is 14.7 Å². The molecule has 0 unspecified atom stereocenters. The summed E-state index contributed by atoms with van der Waals surface area (Å²) in [6, 6.07) is -0.629. The maximum Gasteiger partial charge on any atom is 0.326 e. The Labute approximate surface area is 121 Å². The fourth-order valence-electron chi connectivity index (χ4n) is 3.52. The van der Waals surface area contributed by atoms with Crippen LogP contribution >= 0.6 is 11.5 Å². The number of amides is 1. The lowest BCUT2D eigenvalue weighted by Gasteiger charge is -2.32. The Morgan fingerprint density at radius 1 is 1.35 bits per heavy atom. The van der Waals surface area contributed by atoms with Gasteiger partial charge in [-0.1, -0.05) is 17.3 Å². The molecular weight excluding hydrogens is 278 g/mol. The number of aliphatic carboxylic acids is 1. The van der Waals surface area contributed by atoms with Gasteiger partial charge in [0.15, 0.2) is 0 Å². The van der Waals surface area contributed by atoms with E-state index >= 15 is 0 Å². The van der Waals surface area contributed by atoms with Crippen molar-refractivity contribution in [1.82, 2.24) is 14.5 Å². The van der Waals surface area contributed by atoms with Gasteiger partial charge in [0.2, 0.25) is 0 Å².